The van der Waals surface area contributed by atoms with E-state index in [1.165, 1.54) is 6.07 Å². The van der Waals surface area contributed by atoms with Crippen molar-refractivity contribution in [3.63, 3.8) is 0 Å². The number of carbonyl (C=O) groups is 1. The molecular weight excluding hydrogens is 391 g/mol. The van der Waals surface area contributed by atoms with Crippen LogP contribution in [0.4, 0.5) is 10.2 Å². The van der Waals surface area contributed by atoms with E-state index in [-0.39, 0.29) is 11.9 Å². The van der Waals surface area contributed by atoms with Gasteiger partial charge in [0.2, 0.25) is 5.91 Å². The van der Waals surface area contributed by atoms with Gasteiger partial charge in [0, 0.05) is 31.2 Å². The van der Waals surface area contributed by atoms with Gasteiger partial charge in [0.25, 0.3) is 0 Å². The van der Waals surface area contributed by atoms with Crippen LogP contribution < -0.4 is 4.90 Å². The Hall–Kier alpha value is -2.21. The number of halogens is 2. The molecule has 154 valence electrons. The summed E-state index contributed by atoms with van der Waals surface area (Å²) < 4.78 is 14.9. The minimum absolute atomic E-state index is 0.0263. The van der Waals surface area contributed by atoms with Crippen LogP contribution in [0.5, 0.6) is 0 Å². The Morgan fingerprint density at radius 3 is 2.69 bits per heavy atom. The number of hydrogen-bond acceptors (Lipinski definition) is 4. The minimum atomic E-state index is -0.891. The maximum atomic E-state index is 14.9. The molecule has 1 unspecified atom stereocenters. The summed E-state index contributed by atoms with van der Waals surface area (Å²) in [5.41, 5.74) is 0.259. The molecule has 1 atom stereocenters. The van der Waals surface area contributed by atoms with Crippen LogP contribution in [0.15, 0.2) is 30.6 Å². The molecule has 2 heterocycles. The van der Waals surface area contributed by atoms with Crippen molar-refractivity contribution in [3.8, 4) is 0 Å². The number of nitrogens with zero attached hydrogens (tertiary/aromatic N) is 4. The molecule has 2 aliphatic rings. The summed E-state index contributed by atoms with van der Waals surface area (Å²) >= 11 is 6.42. The molecule has 1 aliphatic carbocycles. The van der Waals surface area contributed by atoms with Crippen LogP contribution >= 0.6 is 11.6 Å². The smallest absolute Gasteiger partial charge is 0.233 e. The molecule has 1 aromatic heterocycles. The van der Waals surface area contributed by atoms with Gasteiger partial charge in [-0.3, -0.25) is 9.78 Å². The number of amides is 1. The maximum Gasteiger partial charge on any atom is 0.233 e. The van der Waals surface area contributed by atoms with Crippen LogP contribution in [-0.2, 0) is 10.2 Å². The van der Waals surface area contributed by atoms with Crippen molar-refractivity contribution in [2.45, 2.75) is 50.0 Å². The lowest BCUT2D eigenvalue weighted by Crippen LogP contribution is -2.46. The zero-order valence-electron chi connectivity index (χ0n) is 16.9. The highest BCUT2D eigenvalue weighted by Gasteiger charge is 2.50. The maximum absolute atomic E-state index is 14.9. The molecule has 0 N–H and O–H groups in total. The number of hydrogen-bond donors (Lipinski definition) is 0. The van der Waals surface area contributed by atoms with E-state index in [1.54, 1.807) is 24.5 Å². The van der Waals surface area contributed by atoms with Gasteiger partial charge in [0.15, 0.2) is 0 Å². The molecule has 1 amide bonds. The molecule has 2 fully saturated rings. The van der Waals surface area contributed by atoms with E-state index in [2.05, 4.69) is 4.98 Å². The van der Waals surface area contributed by atoms with Crippen LogP contribution in [0.25, 0.3) is 0 Å². The van der Waals surface area contributed by atoms with Gasteiger partial charge >= 0.3 is 0 Å². The van der Waals surface area contributed by atoms with Gasteiger partial charge in [-0.25, -0.2) is 9.37 Å². The van der Waals surface area contributed by atoms with Crippen molar-refractivity contribution in [3.05, 3.63) is 52.7 Å². The van der Waals surface area contributed by atoms with Gasteiger partial charge in [-0.15, -0.1) is 0 Å². The monoisotopic (exact) mass is 416 g/mol. The summed E-state index contributed by atoms with van der Waals surface area (Å²) in [4.78, 5) is 26.7. The molecule has 29 heavy (non-hydrogen) atoms. The fraction of sp³-hybridized carbons (Fsp3) is 0.500. The van der Waals surface area contributed by atoms with E-state index in [0.717, 1.165) is 37.2 Å². The van der Waals surface area contributed by atoms with Crippen LogP contribution in [-0.4, -0.2) is 41.4 Å². The molecule has 2 aromatic rings. The molecule has 0 radical (unpaired) electrons. The Morgan fingerprint density at radius 2 is 2.00 bits per heavy atom. The number of aromatic nitrogens is 2. The highest BCUT2D eigenvalue weighted by Crippen LogP contribution is 2.48. The van der Waals surface area contributed by atoms with Crippen LogP contribution in [0.2, 0.25) is 5.02 Å². The van der Waals surface area contributed by atoms with Gasteiger partial charge < -0.3 is 9.80 Å². The molecule has 0 spiro atoms. The van der Waals surface area contributed by atoms with Crippen LogP contribution in [0.1, 0.15) is 55.8 Å². The largest absolute Gasteiger partial charge is 0.361 e. The third kappa shape index (κ3) is 3.48. The predicted octanol–water partition coefficient (Wildman–Crippen LogP) is 4.51. The highest BCUT2D eigenvalue weighted by molar-refractivity contribution is 6.31. The molecule has 7 heteroatoms. The van der Waals surface area contributed by atoms with Gasteiger partial charge in [0.05, 0.1) is 29.5 Å². The summed E-state index contributed by atoms with van der Waals surface area (Å²) in [5.74, 6) is 0.342. The van der Waals surface area contributed by atoms with Gasteiger partial charge in [-0.05, 0) is 37.8 Å². The molecule has 0 bridgehead atoms. The fourth-order valence-corrected chi connectivity index (χ4v) is 5.19. The average molecular weight is 417 g/mol. The number of likely N-dealkylation sites (tertiary alicyclic amines) is 1. The van der Waals surface area contributed by atoms with E-state index < -0.39 is 11.2 Å². The lowest BCUT2D eigenvalue weighted by Gasteiger charge is -2.36. The van der Waals surface area contributed by atoms with E-state index in [4.69, 9.17) is 16.6 Å². The van der Waals surface area contributed by atoms with E-state index in [0.29, 0.717) is 30.0 Å². The van der Waals surface area contributed by atoms with Gasteiger partial charge in [-0.1, -0.05) is 30.5 Å². The summed E-state index contributed by atoms with van der Waals surface area (Å²) in [7, 11) is 3.83. The van der Waals surface area contributed by atoms with Crippen molar-refractivity contribution in [2.24, 2.45) is 0 Å². The van der Waals surface area contributed by atoms with Crippen LogP contribution in [0, 0.1) is 5.82 Å². The second kappa shape index (κ2) is 7.90. The quantitative estimate of drug-likeness (QED) is 0.735. The van der Waals surface area contributed by atoms with Gasteiger partial charge in [0.1, 0.15) is 11.6 Å². The zero-order chi connectivity index (χ0) is 20.6. The fourth-order valence-electron chi connectivity index (χ4n) is 4.84. The normalized spacial score (nSPS) is 20.8. The Kier molecular flexibility index (Phi) is 5.47. The minimum Gasteiger partial charge on any atom is -0.361 e. The standard InChI is InChI=1S/C22H26ClFN4O/c1-27(2)19-14-25-13-17(26-19)18-9-6-12-28(18)21(29)22(10-3-4-11-22)20-15(23)7-5-8-16(20)24/h5,7-8,13-14,18H,3-4,6,9-12H2,1-2H3. The van der Waals surface area contributed by atoms with Crippen molar-refractivity contribution < 1.29 is 9.18 Å². The molecular formula is C22H26ClFN4O. The zero-order valence-corrected chi connectivity index (χ0v) is 17.6. The first-order valence-corrected chi connectivity index (χ1v) is 10.6. The number of anilines is 1. The first kappa shape index (κ1) is 20.1. The Balaban J connectivity index is 1.72. The molecule has 1 saturated carbocycles. The molecule has 1 saturated heterocycles. The Morgan fingerprint density at radius 1 is 1.24 bits per heavy atom. The van der Waals surface area contributed by atoms with Gasteiger partial charge in [-0.2, -0.15) is 0 Å². The third-order valence-corrected chi connectivity index (χ3v) is 6.58. The third-order valence-electron chi connectivity index (χ3n) is 6.26. The second-order valence-electron chi connectivity index (χ2n) is 8.24. The Bertz CT molecular complexity index is 893. The van der Waals surface area contributed by atoms with Crippen molar-refractivity contribution >= 4 is 23.3 Å². The Labute approximate surface area is 175 Å². The van der Waals surface area contributed by atoms with Crippen molar-refractivity contribution in [2.75, 3.05) is 25.5 Å². The van der Waals surface area contributed by atoms with Crippen LogP contribution in [0.3, 0.4) is 0 Å². The average Bonchev–Trinajstić information content (AvgIpc) is 3.38. The molecule has 1 aromatic carbocycles. The lowest BCUT2D eigenvalue weighted by atomic mass is 9.77. The van der Waals surface area contributed by atoms with Crippen molar-refractivity contribution in [1.82, 2.24) is 14.9 Å². The summed E-state index contributed by atoms with van der Waals surface area (Å²) in [6.45, 7) is 0.644. The van der Waals surface area contributed by atoms with E-state index in [9.17, 15) is 9.18 Å². The molecule has 4 rings (SSSR count). The summed E-state index contributed by atoms with van der Waals surface area (Å²) in [6.07, 6.45) is 8.21. The first-order chi connectivity index (χ1) is 13.9. The SMILES string of the molecule is CN(C)c1cncc(C2CCCN2C(=O)C2(c3c(F)cccc3Cl)CCCC2)n1. The van der Waals surface area contributed by atoms with E-state index in [1.807, 2.05) is 23.9 Å². The first-order valence-electron chi connectivity index (χ1n) is 10.2. The number of benzene rings is 1. The number of carbonyl (C=O) groups excluding carboxylic acids is 1. The molecule has 1 aliphatic heterocycles. The predicted molar refractivity (Wildman–Crippen MR) is 112 cm³/mol. The number of rotatable bonds is 4. The van der Waals surface area contributed by atoms with Crippen molar-refractivity contribution in [1.29, 1.82) is 0 Å². The lowest BCUT2D eigenvalue weighted by molar-refractivity contribution is -0.138. The topological polar surface area (TPSA) is 49.3 Å². The highest BCUT2D eigenvalue weighted by atomic mass is 35.5. The summed E-state index contributed by atoms with van der Waals surface area (Å²) in [5, 5.41) is 0.338. The summed E-state index contributed by atoms with van der Waals surface area (Å²) in [6, 6.07) is 4.54. The second-order valence-corrected chi connectivity index (χ2v) is 8.65. The molecule has 5 nitrogen and oxygen atoms in total. The van der Waals surface area contributed by atoms with E-state index >= 15 is 0 Å².